The van der Waals surface area contributed by atoms with Gasteiger partial charge in [0.25, 0.3) is 0 Å². The van der Waals surface area contributed by atoms with Crippen molar-refractivity contribution in [2.75, 3.05) is 0 Å². The van der Waals surface area contributed by atoms with Gasteiger partial charge in [0, 0.05) is 11.6 Å². The minimum atomic E-state index is -0.760. The maximum atomic E-state index is 13.3. The summed E-state index contributed by atoms with van der Waals surface area (Å²) in [4.78, 5) is 0. The topological polar surface area (TPSA) is 33.0 Å². The second-order valence-electron chi connectivity index (χ2n) is 3.63. The zero-order valence-electron chi connectivity index (χ0n) is 9.36. The van der Waals surface area contributed by atoms with Gasteiger partial charge < -0.3 is 4.74 Å². The molecular weight excluding hydrogens is 236 g/mol. The molecule has 0 saturated carbocycles. The first kappa shape index (κ1) is 12.1. The molecule has 0 aromatic heterocycles. The third-order valence-electron chi connectivity index (χ3n) is 2.41. The van der Waals surface area contributed by atoms with Crippen molar-refractivity contribution in [1.29, 1.82) is 5.26 Å². The van der Waals surface area contributed by atoms with Crippen LogP contribution in [0.1, 0.15) is 11.1 Å². The van der Waals surface area contributed by atoms with E-state index in [0.29, 0.717) is 11.1 Å². The SMILES string of the molecule is N#Cc1ccccc1COc1ccc(F)cc1F. The molecule has 0 fully saturated rings. The van der Waals surface area contributed by atoms with Gasteiger partial charge in [-0.2, -0.15) is 5.26 Å². The average molecular weight is 245 g/mol. The van der Waals surface area contributed by atoms with E-state index in [1.165, 1.54) is 6.07 Å². The van der Waals surface area contributed by atoms with E-state index in [4.69, 9.17) is 10.00 Å². The molecule has 4 heteroatoms. The number of nitrogens with zero attached hydrogens (tertiary/aromatic N) is 1. The molecule has 0 aliphatic heterocycles. The number of hydrogen-bond acceptors (Lipinski definition) is 2. The van der Waals surface area contributed by atoms with Crippen molar-refractivity contribution in [2.24, 2.45) is 0 Å². The fraction of sp³-hybridized carbons (Fsp3) is 0.0714. The van der Waals surface area contributed by atoms with Crippen molar-refractivity contribution in [3.05, 3.63) is 65.2 Å². The van der Waals surface area contributed by atoms with E-state index in [-0.39, 0.29) is 12.4 Å². The van der Waals surface area contributed by atoms with Crippen molar-refractivity contribution in [3.63, 3.8) is 0 Å². The summed E-state index contributed by atoms with van der Waals surface area (Å²) < 4.78 is 31.2. The molecule has 0 N–H and O–H groups in total. The third kappa shape index (κ3) is 2.64. The minimum absolute atomic E-state index is 0.0378. The monoisotopic (exact) mass is 245 g/mol. The van der Waals surface area contributed by atoms with Gasteiger partial charge in [0.1, 0.15) is 12.4 Å². The number of nitriles is 1. The van der Waals surface area contributed by atoms with Gasteiger partial charge in [0.05, 0.1) is 11.6 Å². The molecule has 0 atom stereocenters. The highest BCUT2D eigenvalue weighted by Crippen LogP contribution is 2.19. The van der Waals surface area contributed by atoms with Gasteiger partial charge in [-0.1, -0.05) is 18.2 Å². The van der Waals surface area contributed by atoms with Crippen LogP contribution in [0.4, 0.5) is 8.78 Å². The van der Waals surface area contributed by atoms with Gasteiger partial charge in [-0.25, -0.2) is 8.78 Å². The summed E-state index contributed by atoms with van der Waals surface area (Å²) in [6, 6.07) is 12.0. The molecule has 2 nitrogen and oxygen atoms in total. The van der Waals surface area contributed by atoms with Crippen LogP contribution in [-0.2, 0) is 6.61 Å². The van der Waals surface area contributed by atoms with Crippen LogP contribution >= 0.6 is 0 Å². The van der Waals surface area contributed by atoms with E-state index >= 15 is 0 Å². The third-order valence-corrected chi connectivity index (χ3v) is 2.41. The maximum Gasteiger partial charge on any atom is 0.167 e. The lowest BCUT2D eigenvalue weighted by molar-refractivity contribution is 0.289. The van der Waals surface area contributed by atoms with Crippen LogP contribution in [0.15, 0.2) is 42.5 Å². The normalized spacial score (nSPS) is 9.83. The molecule has 0 bridgehead atoms. The standard InChI is InChI=1S/C14H9F2NO/c15-12-5-6-14(13(16)7-12)18-9-11-4-2-1-3-10(11)8-17/h1-7H,9H2. The van der Waals surface area contributed by atoms with E-state index in [2.05, 4.69) is 0 Å². The van der Waals surface area contributed by atoms with Gasteiger partial charge >= 0.3 is 0 Å². The lowest BCUT2D eigenvalue weighted by Crippen LogP contribution is -1.99. The lowest BCUT2D eigenvalue weighted by atomic mass is 10.1. The summed E-state index contributed by atoms with van der Waals surface area (Å²) in [5.74, 6) is -1.45. The number of halogens is 2. The summed E-state index contributed by atoms with van der Waals surface area (Å²) in [7, 11) is 0. The average Bonchev–Trinajstić information content (AvgIpc) is 2.38. The van der Waals surface area contributed by atoms with Gasteiger partial charge in [-0.05, 0) is 18.2 Å². The van der Waals surface area contributed by atoms with Crippen molar-refractivity contribution in [2.45, 2.75) is 6.61 Å². The van der Waals surface area contributed by atoms with E-state index in [1.807, 2.05) is 6.07 Å². The Bertz CT molecular complexity index is 605. The second kappa shape index (κ2) is 5.28. The summed E-state index contributed by atoms with van der Waals surface area (Å²) in [5.41, 5.74) is 1.13. The highest BCUT2D eigenvalue weighted by atomic mass is 19.1. The smallest absolute Gasteiger partial charge is 0.167 e. The molecule has 0 unspecified atom stereocenters. The Morgan fingerprint density at radius 2 is 1.89 bits per heavy atom. The molecule has 18 heavy (non-hydrogen) atoms. The maximum absolute atomic E-state index is 13.3. The largest absolute Gasteiger partial charge is 0.486 e. The van der Waals surface area contributed by atoms with Crippen LogP contribution in [0.3, 0.4) is 0 Å². The Balaban J connectivity index is 2.14. The van der Waals surface area contributed by atoms with Crippen LogP contribution in [0.25, 0.3) is 0 Å². The molecule has 2 aromatic rings. The van der Waals surface area contributed by atoms with Crippen LogP contribution in [0.2, 0.25) is 0 Å². The fourth-order valence-electron chi connectivity index (χ4n) is 1.50. The zero-order chi connectivity index (χ0) is 13.0. The molecule has 2 rings (SSSR count). The first-order chi connectivity index (χ1) is 8.70. The summed E-state index contributed by atoms with van der Waals surface area (Å²) in [6.45, 7) is 0.0618. The second-order valence-corrected chi connectivity index (χ2v) is 3.63. The molecule has 0 aliphatic rings. The Hall–Kier alpha value is -2.41. The van der Waals surface area contributed by atoms with Crippen molar-refractivity contribution >= 4 is 0 Å². The molecule has 0 radical (unpaired) electrons. The number of rotatable bonds is 3. The first-order valence-corrected chi connectivity index (χ1v) is 5.26. The number of benzene rings is 2. The number of ether oxygens (including phenoxy) is 1. The van der Waals surface area contributed by atoms with Crippen LogP contribution in [-0.4, -0.2) is 0 Å². The molecule has 0 aliphatic carbocycles. The van der Waals surface area contributed by atoms with Gasteiger partial charge in [0.2, 0.25) is 0 Å². The fourth-order valence-corrected chi connectivity index (χ4v) is 1.50. The van der Waals surface area contributed by atoms with Crippen LogP contribution < -0.4 is 4.74 Å². The van der Waals surface area contributed by atoms with Gasteiger partial charge in [-0.3, -0.25) is 0 Å². The Labute approximate surface area is 103 Å². The molecule has 0 amide bonds. The predicted molar refractivity (Wildman–Crippen MR) is 61.8 cm³/mol. The Kier molecular flexibility index (Phi) is 3.54. The predicted octanol–water partition coefficient (Wildman–Crippen LogP) is 3.42. The van der Waals surface area contributed by atoms with E-state index in [0.717, 1.165) is 12.1 Å². The lowest BCUT2D eigenvalue weighted by Gasteiger charge is -2.08. The summed E-state index contributed by atoms with van der Waals surface area (Å²) >= 11 is 0. The van der Waals surface area contributed by atoms with Crippen LogP contribution in [0, 0.1) is 23.0 Å². The van der Waals surface area contributed by atoms with Gasteiger partial charge in [-0.15, -0.1) is 0 Å². The minimum Gasteiger partial charge on any atom is -0.486 e. The van der Waals surface area contributed by atoms with Crippen LogP contribution in [0.5, 0.6) is 5.75 Å². The quantitative estimate of drug-likeness (QED) is 0.830. The van der Waals surface area contributed by atoms with Crippen molar-refractivity contribution in [3.8, 4) is 11.8 Å². The number of hydrogen-bond donors (Lipinski definition) is 0. The first-order valence-electron chi connectivity index (χ1n) is 5.26. The highest BCUT2D eigenvalue weighted by Gasteiger charge is 2.06. The van der Waals surface area contributed by atoms with E-state index < -0.39 is 11.6 Å². The molecule has 2 aromatic carbocycles. The molecule has 0 saturated heterocycles. The molecule has 0 spiro atoms. The van der Waals surface area contributed by atoms with E-state index in [1.54, 1.807) is 24.3 Å². The molecular formula is C14H9F2NO. The summed E-state index contributed by atoms with van der Waals surface area (Å²) in [5, 5.41) is 8.88. The summed E-state index contributed by atoms with van der Waals surface area (Å²) in [6.07, 6.45) is 0. The van der Waals surface area contributed by atoms with Gasteiger partial charge in [0.15, 0.2) is 11.6 Å². The van der Waals surface area contributed by atoms with E-state index in [9.17, 15) is 8.78 Å². The van der Waals surface area contributed by atoms with Crippen molar-refractivity contribution in [1.82, 2.24) is 0 Å². The molecule has 0 heterocycles. The Morgan fingerprint density at radius 3 is 2.61 bits per heavy atom. The highest BCUT2D eigenvalue weighted by molar-refractivity contribution is 5.37. The zero-order valence-corrected chi connectivity index (χ0v) is 9.36. The Morgan fingerprint density at radius 1 is 1.11 bits per heavy atom. The molecule has 90 valence electrons. The van der Waals surface area contributed by atoms with Crippen molar-refractivity contribution < 1.29 is 13.5 Å².